The molecule has 4 rings (SSSR count). The maximum absolute atomic E-state index is 5.99. The second kappa shape index (κ2) is 16.5. The van der Waals surface area contributed by atoms with Crippen LogP contribution in [0.4, 0.5) is 5.69 Å². The summed E-state index contributed by atoms with van der Waals surface area (Å²) < 4.78 is 17.6. The van der Waals surface area contributed by atoms with Crippen molar-refractivity contribution in [1.82, 2.24) is 0 Å². The molecule has 3 aromatic rings. The molecule has 4 heteroatoms. The Morgan fingerprint density at radius 1 is 0.786 bits per heavy atom. The number of anilines is 1. The van der Waals surface area contributed by atoms with E-state index in [1.165, 1.54) is 85.7 Å². The number of rotatable bonds is 18. The zero-order valence-corrected chi connectivity index (χ0v) is 26.8. The van der Waals surface area contributed by atoms with Crippen LogP contribution < -0.4 is 19.1 Å². The summed E-state index contributed by atoms with van der Waals surface area (Å²) in [7, 11) is 3.50. The molecule has 0 amide bonds. The Kier molecular flexibility index (Phi) is 12.5. The molecule has 3 aromatic carbocycles. The zero-order chi connectivity index (χ0) is 29.7. The second-order valence-corrected chi connectivity index (χ2v) is 11.9. The van der Waals surface area contributed by atoms with Gasteiger partial charge in [0.05, 0.1) is 20.8 Å². The van der Waals surface area contributed by atoms with E-state index in [1.807, 2.05) is 0 Å². The van der Waals surface area contributed by atoms with Crippen LogP contribution >= 0.6 is 0 Å². The third-order valence-corrected chi connectivity index (χ3v) is 8.80. The largest absolute Gasteiger partial charge is 0.494 e. The first-order valence-electron chi connectivity index (χ1n) is 16.5. The third-order valence-electron chi connectivity index (χ3n) is 8.80. The molecule has 0 aliphatic heterocycles. The number of methoxy groups -OCH3 is 2. The van der Waals surface area contributed by atoms with Gasteiger partial charge < -0.3 is 19.1 Å². The van der Waals surface area contributed by atoms with Crippen LogP contribution in [0.5, 0.6) is 17.2 Å². The van der Waals surface area contributed by atoms with Crippen molar-refractivity contribution >= 4 is 5.69 Å². The van der Waals surface area contributed by atoms with Crippen LogP contribution in [-0.2, 0) is 6.54 Å². The van der Waals surface area contributed by atoms with Crippen LogP contribution in [0.3, 0.4) is 0 Å². The second-order valence-electron chi connectivity index (χ2n) is 11.9. The maximum atomic E-state index is 5.99. The standard InChI is InChI=1S/C38H53NO3/c1-6-9-11-19-33(14-8-3)39(34-20-22-35(23-21-34)42-24-10-7-2)28-29-15-12-18-31(25-29)32-26-36(30-16-13-17-30)38(41-5)37(27-32)40-4/h12,15,18,20-23,25-27,30,33H,6-11,13-14,16-17,19,24,28H2,1-5H3. The first kappa shape index (κ1) is 31.8. The summed E-state index contributed by atoms with van der Waals surface area (Å²) in [4.78, 5) is 2.64. The van der Waals surface area contributed by atoms with Crippen LogP contribution in [0.15, 0.2) is 60.7 Å². The molecular formula is C38H53NO3. The van der Waals surface area contributed by atoms with Gasteiger partial charge in [-0.25, -0.2) is 0 Å². The molecule has 1 aliphatic carbocycles. The fraction of sp³-hybridized carbons (Fsp3) is 0.526. The molecule has 0 saturated heterocycles. The van der Waals surface area contributed by atoms with Gasteiger partial charge in [0.1, 0.15) is 5.75 Å². The minimum absolute atomic E-state index is 0.503. The number of benzene rings is 3. The van der Waals surface area contributed by atoms with Crippen molar-refractivity contribution in [1.29, 1.82) is 0 Å². The molecule has 0 N–H and O–H groups in total. The molecule has 0 heterocycles. The van der Waals surface area contributed by atoms with E-state index in [0.717, 1.165) is 43.2 Å². The Bertz CT molecular complexity index is 1220. The molecule has 1 saturated carbocycles. The number of ether oxygens (including phenoxy) is 3. The van der Waals surface area contributed by atoms with Gasteiger partial charge in [-0.3, -0.25) is 0 Å². The van der Waals surface area contributed by atoms with E-state index in [1.54, 1.807) is 14.2 Å². The van der Waals surface area contributed by atoms with Crippen LogP contribution in [0.2, 0.25) is 0 Å². The molecule has 4 nitrogen and oxygen atoms in total. The van der Waals surface area contributed by atoms with Crippen molar-refractivity contribution in [2.45, 2.75) is 110 Å². The normalized spacial score (nSPS) is 13.8. The van der Waals surface area contributed by atoms with Crippen LogP contribution in [0.1, 0.15) is 108 Å². The SMILES string of the molecule is CCCCCC(CCC)N(Cc1cccc(-c2cc(OC)c(OC)c(C3CCC3)c2)c1)c1ccc(OCCCC)cc1. The Morgan fingerprint density at radius 2 is 1.57 bits per heavy atom. The van der Waals surface area contributed by atoms with Gasteiger partial charge in [0, 0.05) is 23.8 Å². The highest BCUT2D eigenvalue weighted by Crippen LogP contribution is 2.46. The third kappa shape index (κ3) is 8.24. The monoisotopic (exact) mass is 571 g/mol. The highest BCUT2D eigenvalue weighted by Gasteiger charge is 2.26. The van der Waals surface area contributed by atoms with E-state index in [-0.39, 0.29) is 0 Å². The summed E-state index contributed by atoms with van der Waals surface area (Å²) in [5.41, 5.74) is 6.31. The highest BCUT2D eigenvalue weighted by atomic mass is 16.5. The lowest BCUT2D eigenvalue weighted by atomic mass is 9.78. The summed E-state index contributed by atoms with van der Waals surface area (Å²) in [6.07, 6.45) is 13.4. The first-order chi connectivity index (χ1) is 20.6. The fourth-order valence-corrected chi connectivity index (χ4v) is 6.15. The van der Waals surface area contributed by atoms with Gasteiger partial charge in [0.2, 0.25) is 0 Å². The lowest BCUT2D eigenvalue weighted by Gasteiger charge is -2.34. The molecule has 228 valence electrons. The van der Waals surface area contributed by atoms with E-state index in [0.29, 0.717) is 12.0 Å². The maximum Gasteiger partial charge on any atom is 0.164 e. The van der Waals surface area contributed by atoms with Crippen molar-refractivity contribution in [3.63, 3.8) is 0 Å². The Hall–Kier alpha value is -3.14. The predicted molar refractivity (Wildman–Crippen MR) is 177 cm³/mol. The van der Waals surface area contributed by atoms with Crippen molar-refractivity contribution in [2.75, 3.05) is 25.7 Å². The van der Waals surface area contributed by atoms with Gasteiger partial charge in [-0.05, 0) is 97.2 Å². The zero-order valence-electron chi connectivity index (χ0n) is 26.8. The molecule has 1 aliphatic rings. The quantitative estimate of drug-likeness (QED) is 0.142. The Balaban J connectivity index is 1.64. The van der Waals surface area contributed by atoms with E-state index in [9.17, 15) is 0 Å². The number of hydrogen-bond acceptors (Lipinski definition) is 4. The lowest BCUT2D eigenvalue weighted by molar-refractivity contribution is 0.309. The van der Waals surface area contributed by atoms with Crippen molar-refractivity contribution in [2.24, 2.45) is 0 Å². The van der Waals surface area contributed by atoms with E-state index >= 15 is 0 Å². The Morgan fingerprint density at radius 3 is 2.21 bits per heavy atom. The molecule has 0 spiro atoms. The molecule has 0 aromatic heterocycles. The summed E-state index contributed by atoms with van der Waals surface area (Å²) in [5.74, 6) is 3.23. The average molecular weight is 572 g/mol. The van der Waals surface area contributed by atoms with Crippen LogP contribution in [0, 0.1) is 0 Å². The summed E-state index contributed by atoms with van der Waals surface area (Å²) in [5, 5.41) is 0. The highest BCUT2D eigenvalue weighted by molar-refractivity contribution is 5.70. The van der Waals surface area contributed by atoms with Gasteiger partial charge in [-0.1, -0.05) is 77.5 Å². The van der Waals surface area contributed by atoms with Crippen molar-refractivity contribution in [3.8, 4) is 28.4 Å². The van der Waals surface area contributed by atoms with E-state index in [4.69, 9.17) is 14.2 Å². The van der Waals surface area contributed by atoms with E-state index < -0.39 is 0 Å². The van der Waals surface area contributed by atoms with Crippen LogP contribution in [-0.4, -0.2) is 26.9 Å². The number of hydrogen-bond donors (Lipinski definition) is 0. The van der Waals surface area contributed by atoms with Gasteiger partial charge in [-0.2, -0.15) is 0 Å². The average Bonchev–Trinajstić information content (AvgIpc) is 2.99. The topological polar surface area (TPSA) is 30.9 Å². The number of unbranched alkanes of at least 4 members (excludes halogenated alkanes) is 3. The van der Waals surface area contributed by atoms with E-state index in [2.05, 4.69) is 86.3 Å². The first-order valence-corrected chi connectivity index (χ1v) is 16.5. The van der Waals surface area contributed by atoms with Gasteiger partial charge in [-0.15, -0.1) is 0 Å². The molecule has 0 radical (unpaired) electrons. The smallest absolute Gasteiger partial charge is 0.164 e. The molecule has 1 fully saturated rings. The molecular weight excluding hydrogens is 518 g/mol. The molecule has 0 bridgehead atoms. The molecule has 1 unspecified atom stereocenters. The summed E-state index contributed by atoms with van der Waals surface area (Å²) in [6.45, 7) is 8.46. The molecule has 1 atom stereocenters. The minimum Gasteiger partial charge on any atom is -0.494 e. The number of nitrogens with zero attached hydrogens (tertiary/aromatic N) is 1. The summed E-state index contributed by atoms with van der Waals surface area (Å²) >= 11 is 0. The lowest BCUT2D eigenvalue weighted by Crippen LogP contribution is -2.35. The predicted octanol–water partition coefficient (Wildman–Crippen LogP) is 10.6. The minimum atomic E-state index is 0.503. The molecule has 42 heavy (non-hydrogen) atoms. The van der Waals surface area contributed by atoms with Gasteiger partial charge in [0.15, 0.2) is 11.5 Å². The van der Waals surface area contributed by atoms with Gasteiger partial charge in [0.25, 0.3) is 0 Å². The van der Waals surface area contributed by atoms with Crippen molar-refractivity contribution in [3.05, 3.63) is 71.8 Å². The summed E-state index contributed by atoms with van der Waals surface area (Å²) in [6, 6.07) is 22.9. The van der Waals surface area contributed by atoms with Crippen LogP contribution in [0.25, 0.3) is 11.1 Å². The van der Waals surface area contributed by atoms with Gasteiger partial charge >= 0.3 is 0 Å². The van der Waals surface area contributed by atoms with Crippen molar-refractivity contribution < 1.29 is 14.2 Å². The fourth-order valence-electron chi connectivity index (χ4n) is 6.15. The Labute approximate surface area is 255 Å².